The average Bonchev–Trinajstić information content (AvgIpc) is 2.57. The van der Waals surface area contributed by atoms with Gasteiger partial charge in [-0.25, -0.2) is 9.97 Å². The Morgan fingerprint density at radius 2 is 2.04 bits per heavy atom. The van der Waals surface area contributed by atoms with Crippen molar-refractivity contribution in [3.63, 3.8) is 0 Å². The van der Waals surface area contributed by atoms with Crippen LogP contribution in [0.25, 0.3) is 0 Å². The third-order valence-corrected chi connectivity index (χ3v) is 3.36. The Morgan fingerprint density at radius 1 is 1.25 bits per heavy atom. The summed E-state index contributed by atoms with van der Waals surface area (Å²) in [6.07, 6.45) is 2.42. The molecule has 0 aliphatic heterocycles. The number of aromatic nitrogens is 2. The van der Waals surface area contributed by atoms with Crippen molar-refractivity contribution in [1.29, 1.82) is 0 Å². The zero-order valence-corrected chi connectivity index (χ0v) is 14.4. The van der Waals surface area contributed by atoms with E-state index in [1.54, 1.807) is 12.1 Å². The molecule has 0 spiro atoms. The fourth-order valence-corrected chi connectivity index (χ4v) is 2.10. The first-order valence-corrected chi connectivity index (χ1v) is 8.19. The van der Waals surface area contributed by atoms with E-state index in [0.717, 1.165) is 13.0 Å². The van der Waals surface area contributed by atoms with Crippen LogP contribution in [0.15, 0.2) is 36.7 Å². The molecule has 128 valence electrons. The van der Waals surface area contributed by atoms with Crippen molar-refractivity contribution >= 4 is 17.4 Å². The van der Waals surface area contributed by atoms with Gasteiger partial charge in [-0.15, -0.1) is 0 Å². The summed E-state index contributed by atoms with van der Waals surface area (Å²) in [6, 6.07) is 8.97. The van der Waals surface area contributed by atoms with E-state index in [1.165, 1.54) is 6.33 Å². The molecule has 0 unspecified atom stereocenters. The molecule has 6 heteroatoms. The normalized spacial score (nSPS) is 10.5. The van der Waals surface area contributed by atoms with E-state index >= 15 is 0 Å². The van der Waals surface area contributed by atoms with Crippen LogP contribution in [0.3, 0.4) is 0 Å². The average molecular weight is 328 g/mol. The van der Waals surface area contributed by atoms with E-state index in [9.17, 15) is 4.79 Å². The van der Waals surface area contributed by atoms with Gasteiger partial charge in [0, 0.05) is 12.6 Å². The molecule has 0 saturated heterocycles. The Morgan fingerprint density at radius 3 is 2.79 bits per heavy atom. The van der Waals surface area contributed by atoms with Crippen LogP contribution >= 0.6 is 0 Å². The minimum atomic E-state index is -0.295. The molecule has 0 bridgehead atoms. The van der Waals surface area contributed by atoms with Crippen LogP contribution < -0.4 is 15.4 Å². The molecule has 0 radical (unpaired) electrons. The lowest BCUT2D eigenvalue weighted by atomic mass is 10.1. The maximum Gasteiger partial charge on any atom is 0.274 e. The highest BCUT2D eigenvalue weighted by molar-refractivity contribution is 6.04. The summed E-state index contributed by atoms with van der Waals surface area (Å²) in [7, 11) is 0. The number of hydrogen-bond acceptors (Lipinski definition) is 5. The topological polar surface area (TPSA) is 76.1 Å². The lowest BCUT2D eigenvalue weighted by Crippen LogP contribution is -2.15. The first kappa shape index (κ1) is 17.7. The number of carbonyl (C=O) groups excluding carboxylic acids is 1. The monoisotopic (exact) mass is 328 g/mol. The van der Waals surface area contributed by atoms with Gasteiger partial charge in [0.2, 0.25) is 0 Å². The summed E-state index contributed by atoms with van der Waals surface area (Å²) in [5.41, 5.74) is 0.931. The van der Waals surface area contributed by atoms with Crippen LogP contribution in [0.4, 0.5) is 11.5 Å². The number of ether oxygens (including phenoxy) is 1. The Labute approximate surface area is 142 Å². The van der Waals surface area contributed by atoms with Gasteiger partial charge in [0.15, 0.2) is 0 Å². The van der Waals surface area contributed by atoms with Gasteiger partial charge in [0.05, 0.1) is 12.3 Å². The largest absolute Gasteiger partial charge is 0.492 e. The first-order valence-electron chi connectivity index (χ1n) is 8.19. The molecule has 1 aromatic carbocycles. The van der Waals surface area contributed by atoms with Crippen LogP contribution in [0.1, 0.15) is 37.7 Å². The molecule has 24 heavy (non-hydrogen) atoms. The molecule has 1 heterocycles. The van der Waals surface area contributed by atoms with Crippen LogP contribution in [-0.4, -0.2) is 29.0 Å². The summed E-state index contributed by atoms with van der Waals surface area (Å²) in [5, 5.41) is 6.04. The van der Waals surface area contributed by atoms with Crippen LogP contribution in [0.5, 0.6) is 5.75 Å². The van der Waals surface area contributed by atoms with Crippen molar-refractivity contribution in [1.82, 2.24) is 9.97 Å². The zero-order chi connectivity index (χ0) is 17.4. The number of nitrogens with zero attached hydrogens (tertiary/aromatic N) is 2. The van der Waals surface area contributed by atoms with Gasteiger partial charge >= 0.3 is 0 Å². The fraction of sp³-hybridized carbons (Fsp3) is 0.389. The van der Waals surface area contributed by atoms with E-state index in [4.69, 9.17) is 4.74 Å². The van der Waals surface area contributed by atoms with Gasteiger partial charge in [-0.1, -0.05) is 26.0 Å². The van der Waals surface area contributed by atoms with Crippen molar-refractivity contribution in [2.24, 2.45) is 5.92 Å². The van der Waals surface area contributed by atoms with E-state index in [2.05, 4.69) is 34.4 Å². The Hall–Kier alpha value is -2.63. The molecule has 0 atom stereocenters. The van der Waals surface area contributed by atoms with Gasteiger partial charge < -0.3 is 15.4 Å². The molecule has 0 aliphatic rings. The summed E-state index contributed by atoms with van der Waals surface area (Å²) in [4.78, 5) is 20.6. The standard InChI is InChI=1S/C18H24N4O2/c1-4-24-16-8-6-5-7-14(16)22-18(23)15-11-17(21-12-20-15)19-10-9-13(2)3/h5-8,11-13H,4,9-10H2,1-3H3,(H,22,23)(H,19,20,21). The number of carbonyl (C=O) groups is 1. The highest BCUT2D eigenvalue weighted by atomic mass is 16.5. The molecular formula is C18H24N4O2. The Balaban J connectivity index is 2.05. The number of hydrogen-bond donors (Lipinski definition) is 2. The Kier molecular flexibility index (Phi) is 6.54. The number of amides is 1. The SMILES string of the molecule is CCOc1ccccc1NC(=O)c1cc(NCCC(C)C)ncn1. The second-order valence-corrected chi connectivity index (χ2v) is 5.78. The third-order valence-electron chi connectivity index (χ3n) is 3.36. The molecule has 2 N–H and O–H groups in total. The van der Waals surface area contributed by atoms with E-state index in [0.29, 0.717) is 35.5 Å². The number of para-hydroxylation sites is 2. The number of benzene rings is 1. The molecule has 0 fully saturated rings. The minimum absolute atomic E-state index is 0.295. The van der Waals surface area contributed by atoms with Gasteiger partial charge in [0.1, 0.15) is 23.6 Å². The molecule has 1 amide bonds. The van der Waals surface area contributed by atoms with Crippen molar-refractivity contribution in [2.75, 3.05) is 23.8 Å². The summed E-state index contributed by atoms with van der Waals surface area (Å²) in [6.45, 7) is 7.57. The van der Waals surface area contributed by atoms with Crippen molar-refractivity contribution in [3.05, 3.63) is 42.4 Å². The Bertz CT molecular complexity index is 674. The molecule has 1 aromatic heterocycles. The van der Waals surface area contributed by atoms with E-state index in [1.807, 2.05) is 25.1 Å². The maximum atomic E-state index is 12.4. The summed E-state index contributed by atoms with van der Waals surface area (Å²) >= 11 is 0. The minimum Gasteiger partial charge on any atom is -0.492 e. The van der Waals surface area contributed by atoms with Crippen molar-refractivity contribution in [3.8, 4) is 5.75 Å². The van der Waals surface area contributed by atoms with E-state index in [-0.39, 0.29) is 5.91 Å². The smallest absolute Gasteiger partial charge is 0.274 e. The lowest BCUT2D eigenvalue weighted by molar-refractivity contribution is 0.102. The highest BCUT2D eigenvalue weighted by Crippen LogP contribution is 2.24. The number of nitrogens with one attached hydrogen (secondary N) is 2. The molecule has 0 aliphatic carbocycles. The third kappa shape index (κ3) is 5.22. The van der Waals surface area contributed by atoms with Gasteiger partial charge in [-0.2, -0.15) is 0 Å². The van der Waals surface area contributed by atoms with Crippen LogP contribution in [0.2, 0.25) is 0 Å². The first-order chi connectivity index (χ1) is 11.6. The maximum absolute atomic E-state index is 12.4. The second kappa shape index (κ2) is 8.86. The van der Waals surface area contributed by atoms with Gasteiger partial charge in [-0.05, 0) is 31.4 Å². The van der Waals surface area contributed by atoms with E-state index < -0.39 is 0 Å². The van der Waals surface area contributed by atoms with Gasteiger partial charge in [-0.3, -0.25) is 4.79 Å². The molecule has 2 rings (SSSR count). The number of anilines is 2. The molecule has 0 saturated carbocycles. The zero-order valence-electron chi connectivity index (χ0n) is 14.4. The lowest BCUT2D eigenvalue weighted by Gasteiger charge is -2.11. The molecule has 6 nitrogen and oxygen atoms in total. The summed E-state index contributed by atoms with van der Waals surface area (Å²) < 4.78 is 5.51. The summed E-state index contributed by atoms with van der Waals surface area (Å²) in [5.74, 6) is 1.60. The van der Waals surface area contributed by atoms with Crippen molar-refractivity contribution in [2.45, 2.75) is 27.2 Å². The fourth-order valence-electron chi connectivity index (χ4n) is 2.10. The van der Waals surface area contributed by atoms with Gasteiger partial charge in [0.25, 0.3) is 5.91 Å². The van der Waals surface area contributed by atoms with Crippen molar-refractivity contribution < 1.29 is 9.53 Å². The quantitative estimate of drug-likeness (QED) is 0.774. The predicted octanol–water partition coefficient (Wildman–Crippen LogP) is 3.59. The highest BCUT2D eigenvalue weighted by Gasteiger charge is 2.12. The van der Waals surface area contributed by atoms with Crippen LogP contribution in [-0.2, 0) is 0 Å². The second-order valence-electron chi connectivity index (χ2n) is 5.78. The molecule has 2 aromatic rings. The molecular weight excluding hydrogens is 304 g/mol. The van der Waals surface area contributed by atoms with Crippen LogP contribution in [0, 0.1) is 5.92 Å². The number of rotatable bonds is 8. The predicted molar refractivity (Wildman–Crippen MR) is 95.5 cm³/mol.